The average Bonchev–Trinajstić information content (AvgIpc) is 2.49. The fourth-order valence-electron chi connectivity index (χ4n) is 1.10. The summed E-state index contributed by atoms with van der Waals surface area (Å²) >= 11 is 7.11. The first-order valence-electron chi connectivity index (χ1n) is 3.44. The van der Waals surface area contributed by atoms with Crippen molar-refractivity contribution >= 4 is 39.1 Å². The molecule has 0 fully saturated rings. The first kappa shape index (κ1) is 8.47. The van der Waals surface area contributed by atoms with Gasteiger partial charge >= 0.3 is 5.97 Å². The summed E-state index contributed by atoms with van der Waals surface area (Å²) in [6, 6.07) is 3.12. The van der Waals surface area contributed by atoms with Crippen molar-refractivity contribution in [2.24, 2.45) is 0 Å². The Morgan fingerprint density at radius 1 is 1.54 bits per heavy atom. The Kier molecular flexibility index (Phi) is 1.94. The number of benzene rings is 1. The van der Waals surface area contributed by atoms with Crippen molar-refractivity contribution in [3.63, 3.8) is 0 Å². The third-order valence-electron chi connectivity index (χ3n) is 1.63. The Balaban J connectivity index is 2.84. The molecule has 13 heavy (non-hydrogen) atoms. The molecule has 0 unspecified atom stereocenters. The largest absolute Gasteiger partial charge is 0.478 e. The number of carboxylic acids is 1. The second kappa shape index (κ2) is 2.97. The second-order valence-corrected chi connectivity index (χ2v) is 3.78. The van der Waals surface area contributed by atoms with Crippen LogP contribution < -0.4 is 0 Å². The predicted molar refractivity (Wildman–Crippen MR) is 51.6 cm³/mol. The number of hydrogen-bond acceptors (Lipinski definition) is 3. The molecule has 0 bridgehead atoms. The van der Waals surface area contributed by atoms with Crippen LogP contribution in [0.3, 0.4) is 0 Å². The minimum Gasteiger partial charge on any atom is -0.478 e. The van der Waals surface area contributed by atoms with Gasteiger partial charge in [-0.25, -0.2) is 9.78 Å². The van der Waals surface area contributed by atoms with E-state index in [-0.39, 0.29) is 5.56 Å². The van der Waals surface area contributed by atoms with Crippen LogP contribution in [0.2, 0.25) is 5.02 Å². The Bertz CT molecular complexity index is 480. The van der Waals surface area contributed by atoms with Crippen LogP contribution in [0.25, 0.3) is 10.2 Å². The van der Waals surface area contributed by atoms with Gasteiger partial charge in [-0.2, -0.15) is 0 Å². The van der Waals surface area contributed by atoms with Gasteiger partial charge in [0.1, 0.15) is 0 Å². The summed E-state index contributed by atoms with van der Waals surface area (Å²) in [7, 11) is 0. The number of halogens is 1. The Labute approximate surface area is 82.6 Å². The van der Waals surface area contributed by atoms with E-state index < -0.39 is 5.97 Å². The van der Waals surface area contributed by atoms with Crippen LogP contribution in [-0.4, -0.2) is 16.1 Å². The number of rotatable bonds is 1. The molecule has 0 saturated carbocycles. The molecule has 0 spiro atoms. The highest BCUT2D eigenvalue weighted by atomic mass is 35.5. The lowest BCUT2D eigenvalue weighted by Crippen LogP contribution is -1.96. The number of carbonyl (C=O) groups is 1. The number of nitrogens with zero attached hydrogens (tertiary/aromatic N) is 1. The Morgan fingerprint density at radius 2 is 2.31 bits per heavy atom. The minimum atomic E-state index is -1.00. The van der Waals surface area contributed by atoms with E-state index in [1.54, 1.807) is 11.6 Å². The van der Waals surface area contributed by atoms with Gasteiger partial charge in [0.05, 0.1) is 21.3 Å². The van der Waals surface area contributed by atoms with Crippen molar-refractivity contribution in [3.05, 3.63) is 28.2 Å². The fourth-order valence-corrected chi connectivity index (χ4v) is 2.12. The molecular formula is C8H4ClNO2S. The van der Waals surface area contributed by atoms with Gasteiger partial charge in [-0.1, -0.05) is 11.6 Å². The molecule has 1 aromatic carbocycles. The van der Waals surface area contributed by atoms with Gasteiger partial charge in [-0.05, 0) is 12.1 Å². The molecule has 0 aliphatic rings. The van der Waals surface area contributed by atoms with Crippen LogP contribution in [0.15, 0.2) is 17.6 Å². The number of fused-ring (bicyclic) bond motifs is 1. The van der Waals surface area contributed by atoms with E-state index >= 15 is 0 Å². The van der Waals surface area contributed by atoms with E-state index in [9.17, 15) is 4.79 Å². The molecule has 0 radical (unpaired) electrons. The lowest BCUT2D eigenvalue weighted by Gasteiger charge is -1.96. The molecule has 1 heterocycles. The van der Waals surface area contributed by atoms with Crippen molar-refractivity contribution < 1.29 is 9.90 Å². The molecule has 1 aromatic heterocycles. The maximum atomic E-state index is 10.8. The lowest BCUT2D eigenvalue weighted by molar-refractivity contribution is 0.0699. The van der Waals surface area contributed by atoms with Crippen LogP contribution >= 0.6 is 22.9 Å². The summed E-state index contributed by atoms with van der Waals surface area (Å²) in [6.07, 6.45) is 0. The van der Waals surface area contributed by atoms with Gasteiger partial charge in [0.25, 0.3) is 0 Å². The highest BCUT2D eigenvalue weighted by Gasteiger charge is 2.11. The molecule has 0 aliphatic carbocycles. The zero-order valence-electron chi connectivity index (χ0n) is 6.32. The average molecular weight is 214 g/mol. The van der Waals surface area contributed by atoms with Gasteiger partial charge in [-0.3, -0.25) is 0 Å². The molecule has 5 heteroatoms. The monoisotopic (exact) mass is 213 g/mol. The van der Waals surface area contributed by atoms with Gasteiger partial charge in [0, 0.05) is 5.02 Å². The maximum Gasteiger partial charge on any atom is 0.338 e. The van der Waals surface area contributed by atoms with Crippen LogP contribution in [0.5, 0.6) is 0 Å². The number of thiazole rings is 1. The highest BCUT2D eigenvalue weighted by molar-refractivity contribution is 7.16. The third-order valence-corrected chi connectivity index (χ3v) is 2.63. The summed E-state index contributed by atoms with van der Waals surface area (Å²) in [4.78, 5) is 14.7. The van der Waals surface area contributed by atoms with E-state index in [4.69, 9.17) is 16.7 Å². The summed E-state index contributed by atoms with van der Waals surface area (Å²) in [5, 5.41) is 9.26. The van der Waals surface area contributed by atoms with Gasteiger partial charge < -0.3 is 5.11 Å². The predicted octanol–water partition coefficient (Wildman–Crippen LogP) is 2.65. The Morgan fingerprint density at radius 3 is 3.00 bits per heavy atom. The number of aromatic nitrogens is 1. The third kappa shape index (κ3) is 1.38. The SMILES string of the molecule is O=C(O)c1cc(Cl)cc2scnc12. The molecule has 0 atom stereocenters. The number of carboxylic acid groups (broad SMARTS) is 1. The number of aromatic carboxylic acids is 1. The van der Waals surface area contributed by atoms with Crippen LogP contribution in [0, 0.1) is 0 Å². The van der Waals surface area contributed by atoms with E-state index in [0.717, 1.165) is 4.70 Å². The van der Waals surface area contributed by atoms with Gasteiger partial charge in [-0.15, -0.1) is 11.3 Å². The van der Waals surface area contributed by atoms with Crippen molar-refractivity contribution in [2.75, 3.05) is 0 Å². The zero-order valence-corrected chi connectivity index (χ0v) is 7.89. The summed E-state index contributed by atoms with van der Waals surface area (Å²) < 4.78 is 0.796. The smallest absolute Gasteiger partial charge is 0.338 e. The van der Waals surface area contributed by atoms with E-state index in [1.807, 2.05) is 0 Å². The molecule has 0 aliphatic heterocycles. The zero-order chi connectivity index (χ0) is 9.42. The van der Waals surface area contributed by atoms with Crippen LogP contribution in [-0.2, 0) is 0 Å². The molecule has 3 nitrogen and oxygen atoms in total. The van der Waals surface area contributed by atoms with E-state index in [2.05, 4.69) is 4.98 Å². The fraction of sp³-hybridized carbons (Fsp3) is 0. The number of hydrogen-bond donors (Lipinski definition) is 1. The summed E-state index contributed by atoms with van der Waals surface area (Å²) in [5.41, 5.74) is 2.26. The van der Waals surface area contributed by atoms with Crippen LogP contribution in [0.4, 0.5) is 0 Å². The quantitative estimate of drug-likeness (QED) is 0.792. The first-order chi connectivity index (χ1) is 6.18. The normalized spacial score (nSPS) is 10.5. The van der Waals surface area contributed by atoms with Gasteiger partial charge in [0.2, 0.25) is 0 Å². The molecule has 0 amide bonds. The Hall–Kier alpha value is -1.13. The molecule has 66 valence electrons. The molecule has 1 N–H and O–H groups in total. The molecule has 2 rings (SSSR count). The topological polar surface area (TPSA) is 50.2 Å². The van der Waals surface area contributed by atoms with Gasteiger partial charge in [0.15, 0.2) is 0 Å². The summed E-state index contributed by atoms with van der Waals surface area (Å²) in [6.45, 7) is 0. The second-order valence-electron chi connectivity index (χ2n) is 2.46. The standard InChI is InChI=1S/C8H4ClNO2S/c9-4-1-5(8(11)12)7-6(2-4)13-3-10-7/h1-3H,(H,11,12). The van der Waals surface area contributed by atoms with Crippen molar-refractivity contribution in [1.29, 1.82) is 0 Å². The molecular weight excluding hydrogens is 210 g/mol. The molecule has 2 aromatic rings. The van der Waals surface area contributed by atoms with Crippen LogP contribution in [0.1, 0.15) is 10.4 Å². The maximum absolute atomic E-state index is 10.8. The summed E-state index contributed by atoms with van der Waals surface area (Å²) in [5.74, 6) is -1.00. The van der Waals surface area contributed by atoms with E-state index in [0.29, 0.717) is 10.5 Å². The lowest BCUT2D eigenvalue weighted by atomic mass is 10.2. The highest BCUT2D eigenvalue weighted by Crippen LogP contribution is 2.25. The van der Waals surface area contributed by atoms with Crippen molar-refractivity contribution in [2.45, 2.75) is 0 Å². The first-order valence-corrected chi connectivity index (χ1v) is 4.70. The minimum absolute atomic E-state index is 0.156. The van der Waals surface area contributed by atoms with E-state index in [1.165, 1.54) is 17.4 Å². The van der Waals surface area contributed by atoms with Crippen molar-refractivity contribution in [1.82, 2.24) is 4.98 Å². The van der Waals surface area contributed by atoms with Crippen molar-refractivity contribution in [3.8, 4) is 0 Å². The molecule has 0 saturated heterocycles.